The highest BCUT2D eigenvalue weighted by Crippen LogP contribution is 2.24. The number of likely N-dealkylation sites (tertiary alicyclic amines) is 1. The van der Waals surface area contributed by atoms with Crippen LogP contribution in [0.1, 0.15) is 73.6 Å². The fraction of sp³-hybridized carbons (Fsp3) is 0.957. The number of hydrogen-bond donors (Lipinski definition) is 0. The van der Waals surface area contributed by atoms with Gasteiger partial charge in [-0.1, -0.05) is 41.5 Å². The first-order valence-electron chi connectivity index (χ1n) is 11.2. The van der Waals surface area contributed by atoms with Crippen molar-refractivity contribution in [3.8, 4) is 0 Å². The predicted molar refractivity (Wildman–Crippen MR) is 115 cm³/mol. The number of piperazine rings is 1. The van der Waals surface area contributed by atoms with E-state index in [1.807, 2.05) is 0 Å². The first-order chi connectivity index (χ1) is 12.5. The van der Waals surface area contributed by atoms with Crippen LogP contribution < -0.4 is 0 Å². The van der Waals surface area contributed by atoms with Gasteiger partial charge in [-0.2, -0.15) is 0 Å². The minimum absolute atomic E-state index is 0.253. The van der Waals surface area contributed by atoms with Crippen LogP contribution >= 0.6 is 0 Å². The molecule has 0 unspecified atom stereocenters. The van der Waals surface area contributed by atoms with E-state index in [0.717, 1.165) is 25.4 Å². The number of rotatable bonds is 6. The SMILES string of the molecule is CC(C)(C)CCC(=O)N1CCC(CN2CCN(CCC(C)(C)C)CC2)CC1. The highest BCUT2D eigenvalue weighted by Gasteiger charge is 2.26. The second-order valence-corrected chi connectivity index (χ2v) is 11.3. The Hall–Kier alpha value is -0.610. The van der Waals surface area contributed by atoms with Crippen LogP contribution in [-0.2, 0) is 4.79 Å². The molecule has 2 rings (SSSR count). The van der Waals surface area contributed by atoms with E-state index in [9.17, 15) is 4.79 Å². The minimum Gasteiger partial charge on any atom is -0.343 e. The zero-order valence-corrected chi connectivity index (χ0v) is 19.0. The van der Waals surface area contributed by atoms with Gasteiger partial charge in [0.2, 0.25) is 5.91 Å². The topological polar surface area (TPSA) is 26.8 Å². The molecule has 0 spiro atoms. The molecule has 2 aliphatic rings. The summed E-state index contributed by atoms with van der Waals surface area (Å²) in [6, 6.07) is 0. The summed E-state index contributed by atoms with van der Waals surface area (Å²) < 4.78 is 0. The fourth-order valence-corrected chi connectivity index (χ4v) is 4.06. The average Bonchev–Trinajstić information content (AvgIpc) is 2.58. The highest BCUT2D eigenvalue weighted by atomic mass is 16.2. The standard InChI is InChI=1S/C23H45N3O/c1-22(2,3)10-7-21(27)26-12-8-20(9-13-26)19-25-17-15-24(16-18-25)14-11-23(4,5)6/h20H,7-19H2,1-6H3. The Bertz CT molecular complexity index is 447. The number of carbonyl (C=O) groups excluding carboxylic acids is 1. The normalized spacial score (nSPS) is 21.6. The first-order valence-corrected chi connectivity index (χ1v) is 11.2. The molecule has 0 bridgehead atoms. The first kappa shape index (κ1) is 22.7. The molecule has 0 aliphatic carbocycles. The van der Waals surface area contributed by atoms with Crippen molar-refractivity contribution in [1.29, 1.82) is 0 Å². The smallest absolute Gasteiger partial charge is 0.222 e. The molecular weight excluding hydrogens is 334 g/mol. The predicted octanol–water partition coefficient (Wildman–Crippen LogP) is 4.11. The third-order valence-corrected chi connectivity index (χ3v) is 6.22. The van der Waals surface area contributed by atoms with Gasteiger partial charge in [0.05, 0.1) is 0 Å². The molecule has 2 heterocycles. The van der Waals surface area contributed by atoms with Crippen molar-refractivity contribution in [3.05, 3.63) is 0 Å². The maximum Gasteiger partial charge on any atom is 0.222 e. The van der Waals surface area contributed by atoms with Gasteiger partial charge >= 0.3 is 0 Å². The van der Waals surface area contributed by atoms with Crippen LogP contribution in [0.25, 0.3) is 0 Å². The van der Waals surface area contributed by atoms with Crippen LogP contribution in [0.15, 0.2) is 0 Å². The number of nitrogens with zero attached hydrogens (tertiary/aromatic N) is 3. The Morgan fingerprint density at radius 1 is 0.778 bits per heavy atom. The molecule has 0 aromatic carbocycles. The molecule has 27 heavy (non-hydrogen) atoms. The third-order valence-electron chi connectivity index (χ3n) is 6.22. The van der Waals surface area contributed by atoms with E-state index >= 15 is 0 Å². The van der Waals surface area contributed by atoms with E-state index in [4.69, 9.17) is 0 Å². The van der Waals surface area contributed by atoms with Crippen LogP contribution in [0, 0.1) is 16.7 Å². The van der Waals surface area contributed by atoms with Gasteiger partial charge in [0.25, 0.3) is 0 Å². The molecule has 0 aromatic rings. The average molecular weight is 380 g/mol. The van der Waals surface area contributed by atoms with Crippen LogP contribution in [-0.4, -0.2) is 73.0 Å². The number of hydrogen-bond acceptors (Lipinski definition) is 3. The second-order valence-electron chi connectivity index (χ2n) is 11.3. The zero-order valence-electron chi connectivity index (χ0n) is 19.0. The summed E-state index contributed by atoms with van der Waals surface area (Å²) in [5.74, 6) is 1.15. The van der Waals surface area contributed by atoms with Gasteiger partial charge in [-0.15, -0.1) is 0 Å². The number of amides is 1. The van der Waals surface area contributed by atoms with Gasteiger partial charge < -0.3 is 14.7 Å². The highest BCUT2D eigenvalue weighted by molar-refractivity contribution is 5.76. The second kappa shape index (κ2) is 9.73. The lowest BCUT2D eigenvalue weighted by Gasteiger charge is -2.39. The quantitative estimate of drug-likeness (QED) is 0.695. The Morgan fingerprint density at radius 2 is 1.30 bits per heavy atom. The summed E-state index contributed by atoms with van der Waals surface area (Å²) in [5, 5.41) is 0. The maximum atomic E-state index is 12.4. The van der Waals surface area contributed by atoms with E-state index in [1.165, 1.54) is 58.5 Å². The molecule has 0 atom stereocenters. The van der Waals surface area contributed by atoms with Crippen LogP contribution in [0.3, 0.4) is 0 Å². The van der Waals surface area contributed by atoms with Crippen molar-refractivity contribution < 1.29 is 4.79 Å². The van der Waals surface area contributed by atoms with Gasteiger partial charge in [-0.3, -0.25) is 4.79 Å². The summed E-state index contributed by atoms with van der Waals surface area (Å²) in [7, 11) is 0. The van der Waals surface area contributed by atoms with E-state index in [0.29, 0.717) is 17.7 Å². The number of piperidine rings is 1. The summed E-state index contributed by atoms with van der Waals surface area (Å²) in [5.41, 5.74) is 0.693. The number of carbonyl (C=O) groups is 1. The lowest BCUT2D eigenvalue weighted by Crippen LogP contribution is -2.49. The lowest BCUT2D eigenvalue weighted by molar-refractivity contribution is -0.133. The molecule has 1 amide bonds. The Balaban J connectivity index is 1.62. The molecule has 0 radical (unpaired) electrons. The summed E-state index contributed by atoms with van der Waals surface area (Å²) in [6.45, 7) is 23.0. The van der Waals surface area contributed by atoms with Crippen molar-refractivity contribution in [3.63, 3.8) is 0 Å². The summed E-state index contributed by atoms with van der Waals surface area (Å²) in [4.78, 5) is 19.8. The molecule has 4 nitrogen and oxygen atoms in total. The molecule has 2 aliphatic heterocycles. The van der Waals surface area contributed by atoms with Crippen LogP contribution in [0.4, 0.5) is 0 Å². The Kier molecular flexibility index (Phi) is 8.18. The van der Waals surface area contributed by atoms with E-state index in [-0.39, 0.29) is 5.41 Å². The van der Waals surface area contributed by atoms with Gasteiger partial charge in [0, 0.05) is 52.2 Å². The summed E-state index contributed by atoms with van der Waals surface area (Å²) in [6.07, 6.45) is 5.36. The molecule has 2 fully saturated rings. The molecule has 4 heteroatoms. The minimum atomic E-state index is 0.253. The Morgan fingerprint density at radius 3 is 1.81 bits per heavy atom. The van der Waals surface area contributed by atoms with Crippen LogP contribution in [0.2, 0.25) is 0 Å². The van der Waals surface area contributed by atoms with Crippen molar-refractivity contribution >= 4 is 5.91 Å². The monoisotopic (exact) mass is 379 g/mol. The molecule has 0 aromatic heterocycles. The molecule has 0 saturated carbocycles. The fourth-order valence-electron chi connectivity index (χ4n) is 4.06. The van der Waals surface area contributed by atoms with Gasteiger partial charge in [0.15, 0.2) is 0 Å². The van der Waals surface area contributed by atoms with Crippen molar-refractivity contribution in [1.82, 2.24) is 14.7 Å². The lowest BCUT2D eigenvalue weighted by atomic mass is 9.90. The molecule has 0 N–H and O–H groups in total. The van der Waals surface area contributed by atoms with Gasteiger partial charge in [-0.05, 0) is 49.0 Å². The van der Waals surface area contributed by atoms with Crippen molar-refractivity contribution in [2.45, 2.75) is 73.6 Å². The zero-order chi connectivity index (χ0) is 20.1. The van der Waals surface area contributed by atoms with Gasteiger partial charge in [-0.25, -0.2) is 0 Å². The third kappa shape index (κ3) is 8.95. The Labute approximate surface area is 168 Å². The maximum absolute atomic E-state index is 12.4. The van der Waals surface area contributed by atoms with Crippen molar-refractivity contribution in [2.75, 3.05) is 52.4 Å². The summed E-state index contributed by atoms with van der Waals surface area (Å²) >= 11 is 0. The molecular formula is C23H45N3O. The molecule has 2 saturated heterocycles. The van der Waals surface area contributed by atoms with E-state index in [1.54, 1.807) is 0 Å². The molecule has 158 valence electrons. The van der Waals surface area contributed by atoms with Crippen LogP contribution in [0.5, 0.6) is 0 Å². The van der Waals surface area contributed by atoms with E-state index < -0.39 is 0 Å². The van der Waals surface area contributed by atoms with Gasteiger partial charge in [0.1, 0.15) is 0 Å². The largest absolute Gasteiger partial charge is 0.343 e. The van der Waals surface area contributed by atoms with E-state index in [2.05, 4.69) is 56.2 Å². The van der Waals surface area contributed by atoms with Crippen molar-refractivity contribution in [2.24, 2.45) is 16.7 Å².